The third-order valence-electron chi connectivity index (χ3n) is 5.58. The molecule has 2 aromatic carbocycles. The molecule has 1 amide bonds. The van der Waals surface area contributed by atoms with Gasteiger partial charge in [0.25, 0.3) is 5.91 Å². The van der Waals surface area contributed by atoms with Crippen molar-refractivity contribution < 1.29 is 19.5 Å². The largest absolute Gasteiger partial charge is 0.502 e. The Morgan fingerprint density at radius 1 is 1.10 bits per heavy atom. The average Bonchev–Trinajstić information content (AvgIpc) is 3.01. The van der Waals surface area contributed by atoms with Gasteiger partial charge in [0.1, 0.15) is 6.67 Å². The number of benzene rings is 2. The predicted molar refractivity (Wildman–Crippen MR) is 121 cm³/mol. The molecule has 0 bridgehead atoms. The number of pyridine rings is 1. The summed E-state index contributed by atoms with van der Waals surface area (Å²) in [6.45, 7) is -7.53. The van der Waals surface area contributed by atoms with E-state index in [-0.39, 0.29) is 0 Å². The monoisotopic (exact) mass is 440 g/mol. The van der Waals surface area contributed by atoms with Crippen LogP contribution in [-0.2, 0) is 5.75 Å². The Balaban J connectivity index is 1.82. The molecule has 0 radical (unpaired) electrons. The van der Waals surface area contributed by atoms with Gasteiger partial charge in [0, 0.05) is 37.2 Å². The maximum absolute atomic E-state index is 13.7. The van der Waals surface area contributed by atoms with Crippen LogP contribution in [0.2, 0.25) is 0 Å². The number of rotatable bonds is 2. The molecule has 1 N–H and O–H groups in total. The molecule has 3 heterocycles. The van der Waals surface area contributed by atoms with Crippen LogP contribution >= 0.6 is 11.8 Å². The van der Waals surface area contributed by atoms with Gasteiger partial charge in [-0.25, -0.2) is 0 Å². The van der Waals surface area contributed by atoms with E-state index in [9.17, 15) is 14.7 Å². The first-order chi connectivity index (χ1) is 17.8. The normalized spacial score (nSPS) is 22.3. The summed E-state index contributed by atoms with van der Waals surface area (Å²) in [6, 6.07) is 12.0. The lowest BCUT2D eigenvalue weighted by atomic mass is 9.94. The molecule has 1 unspecified atom stereocenters. The Kier molecular flexibility index (Phi) is 3.21. The molecule has 3 aromatic rings. The highest BCUT2D eigenvalue weighted by Crippen LogP contribution is 2.42. The number of aromatic hydroxyl groups is 1. The van der Waals surface area contributed by atoms with Crippen LogP contribution in [-0.4, -0.2) is 33.3 Å². The summed E-state index contributed by atoms with van der Waals surface area (Å²) in [5.41, 5.74) is 1.04. The summed E-state index contributed by atoms with van der Waals surface area (Å²) in [7, 11) is 0. The van der Waals surface area contributed by atoms with Gasteiger partial charge in [-0.1, -0.05) is 42.5 Å². The molecular formula is C24H23N3O3S. The molecule has 7 heteroatoms. The van der Waals surface area contributed by atoms with Gasteiger partial charge in [-0.2, -0.15) is 0 Å². The van der Waals surface area contributed by atoms with E-state index in [2.05, 4.69) is 0 Å². The second-order valence-corrected chi connectivity index (χ2v) is 8.33. The Morgan fingerprint density at radius 3 is 2.65 bits per heavy atom. The second-order valence-electron chi connectivity index (χ2n) is 7.31. The number of fused-ring (bicyclic) bond motifs is 3. The standard InChI is InChI=1S/C24H23N3O3S/c1-15(2)25-14-27(26-12-11-19(28)23(29)22(26)24(25)30)21-17-8-4-3-7-16(17)13-31-20-10-6-5-9-18(20)21/h3-12,15,21,29H,13-14H2,1-2H3/i1D3,2D3,15D. The number of carbonyl (C=O) groups excluding carboxylic acids is 1. The highest BCUT2D eigenvalue weighted by Gasteiger charge is 2.39. The van der Waals surface area contributed by atoms with E-state index in [4.69, 9.17) is 9.60 Å². The van der Waals surface area contributed by atoms with Crippen LogP contribution in [0.3, 0.4) is 0 Å². The molecule has 0 saturated carbocycles. The lowest BCUT2D eigenvalue weighted by Crippen LogP contribution is -2.57. The zero-order valence-corrected chi connectivity index (χ0v) is 17.1. The molecular weight excluding hydrogens is 410 g/mol. The zero-order chi connectivity index (χ0) is 27.6. The zero-order valence-electron chi connectivity index (χ0n) is 23.3. The Hall–Kier alpha value is -3.19. The molecule has 0 fully saturated rings. The van der Waals surface area contributed by atoms with Gasteiger partial charge in [-0.05, 0) is 36.5 Å². The van der Waals surface area contributed by atoms with Crippen molar-refractivity contribution in [2.75, 3.05) is 11.7 Å². The fraction of sp³-hybridized carbons (Fsp3) is 0.250. The number of aromatic nitrogens is 1. The molecule has 0 saturated heterocycles. The van der Waals surface area contributed by atoms with Crippen LogP contribution in [0.1, 0.15) is 56.5 Å². The van der Waals surface area contributed by atoms with Crippen molar-refractivity contribution in [3.8, 4) is 5.75 Å². The average molecular weight is 441 g/mol. The van der Waals surface area contributed by atoms with Gasteiger partial charge >= 0.3 is 0 Å². The van der Waals surface area contributed by atoms with Gasteiger partial charge in [-0.3, -0.25) is 19.3 Å². The first kappa shape index (κ1) is 13.3. The Labute approximate surface area is 194 Å². The molecule has 158 valence electrons. The summed E-state index contributed by atoms with van der Waals surface area (Å²) in [5, 5.41) is 12.2. The first-order valence-electron chi connectivity index (χ1n) is 13.1. The molecule has 0 spiro atoms. The summed E-state index contributed by atoms with van der Waals surface area (Å²) < 4.78 is 57.8. The van der Waals surface area contributed by atoms with Crippen molar-refractivity contribution in [3.63, 3.8) is 0 Å². The van der Waals surface area contributed by atoms with Crippen molar-refractivity contribution in [3.05, 3.63) is 93.4 Å². The van der Waals surface area contributed by atoms with Gasteiger partial charge < -0.3 is 10.0 Å². The van der Waals surface area contributed by atoms with Crippen LogP contribution < -0.4 is 10.4 Å². The van der Waals surface area contributed by atoms with E-state index in [0.29, 0.717) is 10.7 Å². The van der Waals surface area contributed by atoms with Crippen molar-refractivity contribution in [1.82, 2.24) is 9.58 Å². The number of hydrogen-bond acceptors (Lipinski definition) is 5. The van der Waals surface area contributed by atoms with E-state index in [0.717, 1.165) is 27.7 Å². The third kappa shape index (κ3) is 3.11. The molecule has 2 aliphatic rings. The highest BCUT2D eigenvalue weighted by molar-refractivity contribution is 7.98. The SMILES string of the molecule is [2H]C([2H])([2H])C([2H])(N1CN(C2c3ccccc3CSc3ccccc32)n2ccc(=O)c(O)c2C1=O)C([2H])([2H])[2H]. The summed E-state index contributed by atoms with van der Waals surface area (Å²) in [5.74, 6) is -1.59. The molecule has 5 rings (SSSR count). The number of thioether (sulfide) groups is 1. The number of carbonyl (C=O) groups is 1. The van der Waals surface area contributed by atoms with E-state index in [1.807, 2.05) is 48.5 Å². The smallest absolute Gasteiger partial charge is 0.278 e. The van der Waals surface area contributed by atoms with Crippen LogP contribution in [0.25, 0.3) is 0 Å². The molecule has 0 aliphatic carbocycles. The maximum atomic E-state index is 13.7. The molecule has 1 aromatic heterocycles. The summed E-state index contributed by atoms with van der Waals surface area (Å²) in [6.07, 6.45) is 1.28. The molecule has 1 atom stereocenters. The van der Waals surface area contributed by atoms with Crippen LogP contribution in [0.4, 0.5) is 0 Å². The highest BCUT2D eigenvalue weighted by atomic mass is 32.2. The fourth-order valence-electron chi connectivity index (χ4n) is 4.13. The van der Waals surface area contributed by atoms with E-state index < -0.39 is 55.2 Å². The van der Waals surface area contributed by atoms with E-state index >= 15 is 0 Å². The van der Waals surface area contributed by atoms with Crippen LogP contribution in [0.5, 0.6) is 5.75 Å². The van der Waals surface area contributed by atoms with E-state index in [1.54, 1.807) is 11.8 Å². The summed E-state index contributed by atoms with van der Waals surface area (Å²) >= 11 is 1.59. The molecule has 2 aliphatic heterocycles. The maximum Gasteiger partial charge on any atom is 0.278 e. The number of amides is 1. The van der Waals surface area contributed by atoms with Crippen molar-refractivity contribution in [1.29, 1.82) is 0 Å². The van der Waals surface area contributed by atoms with Gasteiger partial charge in [0.15, 0.2) is 11.4 Å². The quantitative estimate of drug-likeness (QED) is 0.658. The number of hydrogen-bond donors (Lipinski definition) is 1. The van der Waals surface area contributed by atoms with Gasteiger partial charge in [-0.15, -0.1) is 11.8 Å². The topological polar surface area (TPSA) is 65.8 Å². The lowest BCUT2D eigenvalue weighted by Gasteiger charge is -2.45. The second kappa shape index (κ2) is 7.50. The van der Waals surface area contributed by atoms with Gasteiger partial charge in [0.2, 0.25) is 5.43 Å². The van der Waals surface area contributed by atoms with Crippen molar-refractivity contribution in [2.45, 2.75) is 36.4 Å². The minimum absolute atomic E-state index is 0.421. The third-order valence-corrected chi connectivity index (χ3v) is 6.72. The first-order valence-corrected chi connectivity index (χ1v) is 10.6. The van der Waals surface area contributed by atoms with Crippen molar-refractivity contribution >= 4 is 17.7 Å². The minimum Gasteiger partial charge on any atom is -0.502 e. The summed E-state index contributed by atoms with van der Waals surface area (Å²) in [4.78, 5) is 27.4. The predicted octanol–water partition coefficient (Wildman–Crippen LogP) is 3.71. The Bertz CT molecular complexity index is 1430. The number of nitrogens with zero attached hydrogens (tertiary/aromatic N) is 3. The fourth-order valence-corrected chi connectivity index (χ4v) is 5.22. The van der Waals surface area contributed by atoms with Crippen LogP contribution in [0, 0.1) is 0 Å². The Morgan fingerprint density at radius 2 is 1.84 bits per heavy atom. The minimum atomic E-state index is -3.46. The van der Waals surface area contributed by atoms with Crippen LogP contribution in [0.15, 0.2) is 70.5 Å². The lowest BCUT2D eigenvalue weighted by molar-refractivity contribution is 0.0621. The molecule has 6 nitrogen and oxygen atoms in total. The van der Waals surface area contributed by atoms with E-state index in [1.165, 1.54) is 15.9 Å². The van der Waals surface area contributed by atoms with Gasteiger partial charge in [0.05, 0.1) is 7.41 Å². The molecule has 31 heavy (non-hydrogen) atoms. The van der Waals surface area contributed by atoms with Crippen molar-refractivity contribution in [2.24, 2.45) is 0 Å².